The van der Waals surface area contributed by atoms with Crippen molar-refractivity contribution in [3.8, 4) is 11.9 Å². The first-order valence-corrected chi connectivity index (χ1v) is 5.41. The first-order valence-electron chi connectivity index (χ1n) is 5.41. The molecule has 1 aromatic heterocycles. The molecule has 1 heterocycles. The minimum Gasteiger partial charge on any atom is -0.466 e. The number of nitrogens with zero attached hydrogens (tertiary/aromatic N) is 3. The minimum absolute atomic E-state index is 0.0357. The Kier molecular flexibility index (Phi) is 4.48. The molecule has 0 N–H and O–H groups in total. The molecular formula is C11H12F3N3O. The van der Waals surface area contributed by atoms with E-state index >= 15 is 0 Å². The van der Waals surface area contributed by atoms with Gasteiger partial charge in [-0.3, -0.25) is 0 Å². The zero-order chi connectivity index (χ0) is 13.8. The van der Waals surface area contributed by atoms with Crippen molar-refractivity contribution >= 4 is 0 Å². The lowest BCUT2D eigenvalue weighted by Gasteiger charge is -2.12. The predicted molar refractivity (Wildman–Crippen MR) is 57.1 cm³/mol. The number of halogens is 3. The van der Waals surface area contributed by atoms with Crippen molar-refractivity contribution in [1.82, 2.24) is 10.2 Å². The second-order valence-corrected chi connectivity index (χ2v) is 3.53. The number of alkyl halides is 3. The Hall–Kier alpha value is -1.84. The predicted octanol–water partition coefficient (Wildman–Crippen LogP) is 2.41. The number of hydrogen-bond acceptors (Lipinski definition) is 4. The lowest BCUT2D eigenvalue weighted by molar-refractivity contribution is -0.154. The summed E-state index contributed by atoms with van der Waals surface area (Å²) < 4.78 is 40.7. The summed E-state index contributed by atoms with van der Waals surface area (Å²) in [6.07, 6.45) is -3.42. The maximum absolute atomic E-state index is 12.0. The molecule has 0 radical (unpaired) electrons. The molecule has 0 aromatic carbocycles. The molecular weight excluding hydrogens is 247 g/mol. The van der Waals surface area contributed by atoms with E-state index < -0.39 is 12.8 Å². The fraction of sp³-hybridized carbons (Fsp3) is 0.545. The SMILES string of the molecule is CCc1nnc(OCC(F)(F)F)c(C#N)c1CC. The van der Waals surface area contributed by atoms with Gasteiger partial charge in [-0.15, -0.1) is 5.10 Å². The topological polar surface area (TPSA) is 58.8 Å². The molecule has 0 saturated heterocycles. The van der Waals surface area contributed by atoms with Gasteiger partial charge >= 0.3 is 6.18 Å². The van der Waals surface area contributed by atoms with Crippen LogP contribution in [0, 0.1) is 11.3 Å². The highest BCUT2D eigenvalue weighted by atomic mass is 19.4. The van der Waals surface area contributed by atoms with Crippen LogP contribution in [-0.2, 0) is 12.8 Å². The van der Waals surface area contributed by atoms with E-state index in [2.05, 4.69) is 14.9 Å². The molecule has 1 rings (SSSR count). The van der Waals surface area contributed by atoms with Crippen LogP contribution in [0.2, 0.25) is 0 Å². The summed E-state index contributed by atoms with van der Waals surface area (Å²) in [6.45, 7) is 2.15. The summed E-state index contributed by atoms with van der Waals surface area (Å²) in [4.78, 5) is 0. The summed E-state index contributed by atoms with van der Waals surface area (Å²) in [5.41, 5.74) is 1.23. The van der Waals surface area contributed by atoms with Gasteiger partial charge < -0.3 is 4.74 Å². The Morgan fingerprint density at radius 3 is 2.33 bits per heavy atom. The summed E-state index contributed by atoms with van der Waals surface area (Å²) >= 11 is 0. The molecule has 0 amide bonds. The van der Waals surface area contributed by atoms with E-state index in [4.69, 9.17) is 5.26 Å². The molecule has 18 heavy (non-hydrogen) atoms. The third kappa shape index (κ3) is 3.32. The Morgan fingerprint density at radius 1 is 1.22 bits per heavy atom. The standard InChI is InChI=1S/C11H12F3N3O/c1-3-7-8(5-15)10(17-16-9(7)4-2)18-6-11(12,13)14/h3-4,6H2,1-2H3. The first-order chi connectivity index (χ1) is 8.42. The van der Waals surface area contributed by atoms with E-state index in [1.807, 2.05) is 13.0 Å². The summed E-state index contributed by atoms with van der Waals surface area (Å²) in [7, 11) is 0. The van der Waals surface area contributed by atoms with Crippen LogP contribution in [0.15, 0.2) is 0 Å². The number of hydrogen-bond donors (Lipinski definition) is 0. The van der Waals surface area contributed by atoms with Gasteiger partial charge in [-0.25, -0.2) is 0 Å². The Morgan fingerprint density at radius 2 is 1.89 bits per heavy atom. The molecule has 4 nitrogen and oxygen atoms in total. The van der Waals surface area contributed by atoms with Gasteiger partial charge in [-0.1, -0.05) is 13.8 Å². The highest BCUT2D eigenvalue weighted by molar-refractivity contribution is 5.46. The van der Waals surface area contributed by atoms with Crippen LogP contribution in [-0.4, -0.2) is 23.0 Å². The maximum atomic E-state index is 12.0. The van der Waals surface area contributed by atoms with E-state index in [1.54, 1.807) is 6.92 Å². The fourth-order valence-electron chi connectivity index (χ4n) is 1.52. The molecule has 98 valence electrons. The number of aromatic nitrogens is 2. The number of rotatable bonds is 4. The van der Waals surface area contributed by atoms with E-state index in [0.29, 0.717) is 24.1 Å². The van der Waals surface area contributed by atoms with Crippen molar-refractivity contribution in [2.45, 2.75) is 32.9 Å². The van der Waals surface area contributed by atoms with Gasteiger partial charge in [0.2, 0.25) is 0 Å². The van der Waals surface area contributed by atoms with Crippen molar-refractivity contribution in [2.75, 3.05) is 6.61 Å². The fourth-order valence-corrected chi connectivity index (χ4v) is 1.52. The Labute approximate surface area is 102 Å². The van der Waals surface area contributed by atoms with Crippen molar-refractivity contribution in [1.29, 1.82) is 5.26 Å². The number of ether oxygens (including phenoxy) is 1. The van der Waals surface area contributed by atoms with Crippen LogP contribution in [0.1, 0.15) is 30.7 Å². The maximum Gasteiger partial charge on any atom is 0.422 e. The van der Waals surface area contributed by atoms with E-state index in [0.717, 1.165) is 0 Å². The second-order valence-electron chi connectivity index (χ2n) is 3.53. The largest absolute Gasteiger partial charge is 0.466 e. The molecule has 0 aliphatic heterocycles. The highest BCUT2D eigenvalue weighted by Crippen LogP contribution is 2.23. The van der Waals surface area contributed by atoms with Gasteiger partial charge in [0.1, 0.15) is 11.6 Å². The van der Waals surface area contributed by atoms with Gasteiger partial charge in [-0.05, 0) is 18.4 Å². The van der Waals surface area contributed by atoms with Crippen molar-refractivity contribution < 1.29 is 17.9 Å². The lowest BCUT2D eigenvalue weighted by atomic mass is 10.0. The molecule has 1 aromatic rings. The van der Waals surface area contributed by atoms with Gasteiger partial charge in [-0.2, -0.15) is 23.5 Å². The first kappa shape index (κ1) is 14.2. The zero-order valence-corrected chi connectivity index (χ0v) is 10.0. The molecule has 0 bridgehead atoms. The zero-order valence-electron chi connectivity index (χ0n) is 10.0. The molecule has 0 fully saturated rings. The summed E-state index contributed by atoms with van der Waals surface area (Å²) in [5.74, 6) is -0.358. The van der Waals surface area contributed by atoms with Crippen LogP contribution in [0.4, 0.5) is 13.2 Å². The van der Waals surface area contributed by atoms with Crippen LogP contribution in [0.5, 0.6) is 5.88 Å². The number of nitriles is 1. The summed E-state index contributed by atoms with van der Waals surface area (Å²) in [5, 5.41) is 16.3. The number of aryl methyl sites for hydroxylation is 1. The van der Waals surface area contributed by atoms with E-state index in [1.165, 1.54) is 0 Å². The quantitative estimate of drug-likeness (QED) is 0.833. The van der Waals surface area contributed by atoms with Gasteiger partial charge in [0, 0.05) is 0 Å². The van der Waals surface area contributed by atoms with Crippen LogP contribution in [0.25, 0.3) is 0 Å². The molecule has 0 aliphatic rings. The molecule has 7 heteroatoms. The van der Waals surface area contributed by atoms with Gasteiger partial charge in [0.15, 0.2) is 6.61 Å². The van der Waals surface area contributed by atoms with Crippen molar-refractivity contribution in [3.05, 3.63) is 16.8 Å². The molecule has 0 spiro atoms. The van der Waals surface area contributed by atoms with Crippen molar-refractivity contribution in [2.24, 2.45) is 0 Å². The Balaban J connectivity index is 3.10. The van der Waals surface area contributed by atoms with Gasteiger partial charge in [0.05, 0.1) is 5.69 Å². The van der Waals surface area contributed by atoms with Crippen LogP contribution in [0.3, 0.4) is 0 Å². The molecule has 0 atom stereocenters. The van der Waals surface area contributed by atoms with Crippen molar-refractivity contribution in [3.63, 3.8) is 0 Å². The van der Waals surface area contributed by atoms with Gasteiger partial charge in [0.25, 0.3) is 5.88 Å². The average Bonchev–Trinajstić information content (AvgIpc) is 2.33. The van der Waals surface area contributed by atoms with E-state index in [9.17, 15) is 13.2 Å². The average molecular weight is 259 g/mol. The highest BCUT2D eigenvalue weighted by Gasteiger charge is 2.29. The molecule has 0 unspecified atom stereocenters. The smallest absolute Gasteiger partial charge is 0.422 e. The van der Waals surface area contributed by atoms with E-state index in [-0.39, 0.29) is 11.4 Å². The third-order valence-corrected chi connectivity index (χ3v) is 2.30. The third-order valence-electron chi connectivity index (χ3n) is 2.30. The monoisotopic (exact) mass is 259 g/mol. The van der Waals surface area contributed by atoms with Crippen LogP contribution >= 0.6 is 0 Å². The Bertz CT molecular complexity index is 466. The normalized spacial score (nSPS) is 11.1. The summed E-state index contributed by atoms with van der Waals surface area (Å²) in [6, 6.07) is 1.83. The minimum atomic E-state index is -4.47. The second kappa shape index (κ2) is 5.67. The lowest BCUT2D eigenvalue weighted by Crippen LogP contribution is -2.21. The van der Waals surface area contributed by atoms with Crippen LogP contribution < -0.4 is 4.74 Å². The molecule has 0 aliphatic carbocycles. The molecule has 0 saturated carbocycles.